The van der Waals surface area contributed by atoms with Crippen LogP contribution in [0.1, 0.15) is 16.3 Å². The van der Waals surface area contributed by atoms with Crippen molar-refractivity contribution < 1.29 is 4.74 Å². The van der Waals surface area contributed by atoms with Gasteiger partial charge in [0.2, 0.25) is 0 Å². The Bertz CT molecular complexity index is 527. The zero-order valence-corrected chi connectivity index (χ0v) is 11.9. The van der Waals surface area contributed by atoms with Gasteiger partial charge in [-0.1, -0.05) is 17.7 Å². The fraction of sp³-hybridized carbons (Fsp3) is 0.308. The number of hydrogen-bond acceptors (Lipinski definition) is 4. The molecule has 0 radical (unpaired) electrons. The van der Waals surface area contributed by atoms with Crippen molar-refractivity contribution in [2.24, 2.45) is 0 Å². The monoisotopic (exact) mass is 282 g/mol. The van der Waals surface area contributed by atoms with Gasteiger partial charge in [0, 0.05) is 18.5 Å². The summed E-state index contributed by atoms with van der Waals surface area (Å²) in [5, 5.41) is 7.15. The van der Waals surface area contributed by atoms with Crippen LogP contribution in [-0.2, 0) is 13.1 Å². The molecule has 0 amide bonds. The number of hydrogen-bond donors (Lipinski definition) is 1. The fourth-order valence-electron chi connectivity index (χ4n) is 1.64. The highest BCUT2D eigenvalue weighted by Crippen LogP contribution is 2.24. The lowest BCUT2D eigenvalue weighted by atomic mass is 10.2. The number of ether oxygens (including phenoxy) is 1. The summed E-state index contributed by atoms with van der Waals surface area (Å²) < 4.78 is 5.12. The number of thiazole rings is 1. The Hall–Kier alpha value is -1.10. The molecular weight excluding hydrogens is 268 g/mol. The average Bonchev–Trinajstić information content (AvgIpc) is 2.75. The van der Waals surface area contributed by atoms with Crippen molar-refractivity contribution in [3.63, 3.8) is 0 Å². The topological polar surface area (TPSA) is 34.1 Å². The first-order valence-corrected chi connectivity index (χ1v) is 6.89. The molecule has 0 aliphatic rings. The molecule has 18 heavy (non-hydrogen) atoms. The van der Waals surface area contributed by atoms with Crippen molar-refractivity contribution in [3.05, 3.63) is 44.9 Å². The van der Waals surface area contributed by atoms with Crippen molar-refractivity contribution in [2.75, 3.05) is 7.11 Å². The summed E-state index contributed by atoms with van der Waals surface area (Å²) in [5.41, 5.74) is 2.21. The highest BCUT2D eigenvalue weighted by Gasteiger charge is 2.02. The van der Waals surface area contributed by atoms with Crippen molar-refractivity contribution >= 4 is 22.9 Å². The molecule has 96 valence electrons. The summed E-state index contributed by atoms with van der Waals surface area (Å²) in [6.07, 6.45) is 0. The van der Waals surface area contributed by atoms with Gasteiger partial charge in [-0.15, -0.1) is 11.3 Å². The van der Waals surface area contributed by atoms with Gasteiger partial charge in [-0.05, 0) is 24.6 Å². The third-order valence-electron chi connectivity index (χ3n) is 2.52. The molecule has 0 aliphatic heterocycles. The molecule has 0 spiro atoms. The normalized spacial score (nSPS) is 10.6. The second-order valence-electron chi connectivity index (χ2n) is 3.93. The van der Waals surface area contributed by atoms with Crippen molar-refractivity contribution in [1.82, 2.24) is 10.3 Å². The smallest absolute Gasteiger partial charge is 0.137 e. The van der Waals surface area contributed by atoms with Gasteiger partial charge in [0.15, 0.2) is 0 Å². The first-order chi connectivity index (χ1) is 8.69. The summed E-state index contributed by atoms with van der Waals surface area (Å²) in [7, 11) is 1.61. The molecule has 1 aromatic heterocycles. The van der Waals surface area contributed by atoms with Crippen molar-refractivity contribution in [1.29, 1.82) is 0 Å². The lowest BCUT2D eigenvalue weighted by molar-refractivity contribution is 0.415. The minimum atomic E-state index is 0.640. The Morgan fingerprint density at radius 1 is 1.39 bits per heavy atom. The highest BCUT2D eigenvalue weighted by atomic mass is 35.5. The third-order valence-corrected chi connectivity index (χ3v) is 3.64. The van der Waals surface area contributed by atoms with E-state index in [1.54, 1.807) is 18.4 Å². The Balaban J connectivity index is 1.88. The van der Waals surface area contributed by atoms with Crippen LogP contribution in [0.25, 0.3) is 0 Å². The van der Waals surface area contributed by atoms with E-state index in [1.165, 1.54) is 0 Å². The van der Waals surface area contributed by atoms with E-state index in [4.69, 9.17) is 16.3 Å². The molecule has 0 unspecified atom stereocenters. The SMILES string of the molecule is COc1ccc(CNCc2csc(C)n2)cc1Cl. The van der Waals surface area contributed by atoms with Crippen LogP contribution in [0.5, 0.6) is 5.75 Å². The van der Waals surface area contributed by atoms with Crippen LogP contribution in [-0.4, -0.2) is 12.1 Å². The molecule has 1 aromatic carbocycles. The third kappa shape index (κ3) is 3.45. The van der Waals surface area contributed by atoms with Gasteiger partial charge < -0.3 is 10.1 Å². The molecule has 1 N–H and O–H groups in total. The zero-order valence-electron chi connectivity index (χ0n) is 10.4. The van der Waals surface area contributed by atoms with E-state index in [0.717, 1.165) is 29.4 Å². The summed E-state index contributed by atoms with van der Waals surface area (Å²) in [6, 6.07) is 5.80. The summed E-state index contributed by atoms with van der Waals surface area (Å²) in [5.74, 6) is 0.704. The van der Waals surface area contributed by atoms with Crippen LogP contribution in [0.2, 0.25) is 5.02 Å². The minimum absolute atomic E-state index is 0.640. The second kappa shape index (κ2) is 6.18. The number of aromatic nitrogens is 1. The molecule has 2 aromatic rings. The fourth-order valence-corrected chi connectivity index (χ4v) is 2.54. The number of aryl methyl sites for hydroxylation is 1. The highest BCUT2D eigenvalue weighted by molar-refractivity contribution is 7.09. The number of halogens is 1. The number of methoxy groups -OCH3 is 1. The van der Waals surface area contributed by atoms with Crippen LogP contribution >= 0.6 is 22.9 Å². The maximum atomic E-state index is 6.07. The van der Waals surface area contributed by atoms with Gasteiger partial charge >= 0.3 is 0 Å². The van der Waals surface area contributed by atoms with Gasteiger partial charge in [0.25, 0.3) is 0 Å². The molecule has 5 heteroatoms. The van der Waals surface area contributed by atoms with Crippen molar-refractivity contribution in [3.8, 4) is 5.75 Å². The van der Waals surface area contributed by atoms with Crippen LogP contribution in [0.15, 0.2) is 23.6 Å². The Morgan fingerprint density at radius 3 is 2.83 bits per heavy atom. The van der Waals surface area contributed by atoms with Gasteiger partial charge in [-0.3, -0.25) is 0 Å². The van der Waals surface area contributed by atoms with Gasteiger partial charge in [-0.25, -0.2) is 4.98 Å². The summed E-state index contributed by atoms with van der Waals surface area (Å²) in [4.78, 5) is 4.40. The van der Waals surface area contributed by atoms with Gasteiger partial charge in [0.1, 0.15) is 5.75 Å². The molecule has 0 fully saturated rings. The van der Waals surface area contributed by atoms with E-state index >= 15 is 0 Å². The predicted molar refractivity (Wildman–Crippen MR) is 75.4 cm³/mol. The number of nitrogens with zero attached hydrogens (tertiary/aromatic N) is 1. The molecule has 2 rings (SSSR count). The largest absolute Gasteiger partial charge is 0.495 e. The standard InChI is InChI=1S/C13H15ClN2OS/c1-9-16-11(8-18-9)7-15-6-10-3-4-13(17-2)12(14)5-10/h3-5,8,15H,6-7H2,1-2H3. The number of benzene rings is 1. The Labute approximate surface area is 116 Å². The lowest BCUT2D eigenvalue weighted by Crippen LogP contribution is -2.12. The quantitative estimate of drug-likeness (QED) is 0.913. The van der Waals surface area contributed by atoms with Gasteiger partial charge in [0.05, 0.1) is 22.8 Å². The number of nitrogens with one attached hydrogen (secondary N) is 1. The summed E-state index contributed by atoms with van der Waals surface area (Å²) in [6.45, 7) is 3.55. The second-order valence-corrected chi connectivity index (χ2v) is 5.40. The lowest BCUT2D eigenvalue weighted by Gasteiger charge is -2.06. The van der Waals surface area contributed by atoms with E-state index in [9.17, 15) is 0 Å². The molecule has 0 atom stereocenters. The van der Waals surface area contributed by atoms with Crippen LogP contribution in [0.3, 0.4) is 0 Å². The Kier molecular flexibility index (Phi) is 4.58. The van der Waals surface area contributed by atoms with Crippen LogP contribution in [0, 0.1) is 6.92 Å². The molecule has 0 saturated heterocycles. The first kappa shape index (κ1) is 13.3. The summed E-state index contributed by atoms with van der Waals surface area (Å²) >= 11 is 7.73. The maximum absolute atomic E-state index is 6.07. The average molecular weight is 283 g/mol. The zero-order chi connectivity index (χ0) is 13.0. The van der Waals surface area contributed by atoms with E-state index in [1.807, 2.05) is 25.1 Å². The van der Waals surface area contributed by atoms with Gasteiger partial charge in [-0.2, -0.15) is 0 Å². The van der Waals surface area contributed by atoms with Crippen LogP contribution in [0.4, 0.5) is 0 Å². The molecule has 0 saturated carbocycles. The predicted octanol–water partition coefficient (Wildman–Crippen LogP) is 3.40. The first-order valence-electron chi connectivity index (χ1n) is 5.63. The molecule has 3 nitrogen and oxygen atoms in total. The molecule has 0 aliphatic carbocycles. The van der Waals surface area contributed by atoms with E-state index < -0.39 is 0 Å². The molecule has 1 heterocycles. The van der Waals surface area contributed by atoms with Crippen molar-refractivity contribution in [2.45, 2.75) is 20.0 Å². The number of rotatable bonds is 5. The van der Waals surface area contributed by atoms with Crippen LogP contribution < -0.4 is 10.1 Å². The Morgan fingerprint density at radius 2 is 2.22 bits per heavy atom. The minimum Gasteiger partial charge on any atom is -0.495 e. The van der Waals surface area contributed by atoms with E-state index in [2.05, 4.69) is 15.7 Å². The maximum Gasteiger partial charge on any atom is 0.137 e. The van der Waals surface area contributed by atoms with E-state index in [-0.39, 0.29) is 0 Å². The van der Waals surface area contributed by atoms with E-state index in [0.29, 0.717) is 10.8 Å². The molecular formula is C13H15ClN2OS. The molecule has 0 bridgehead atoms.